The molecule has 0 aliphatic carbocycles. The molecule has 0 spiro atoms. The second-order valence-corrected chi connectivity index (χ2v) is 4.98. The fraction of sp³-hybridized carbons (Fsp3) is 0.133. The van der Waals surface area contributed by atoms with E-state index >= 15 is 0 Å². The van der Waals surface area contributed by atoms with Crippen LogP contribution in [0.2, 0.25) is 0 Å². The average Bonchev–Trinajstić information content (AvgIpc) is 2.42. The van der Waals surface area contributed by atoms with Crippen molar-refractivity contribution in [2.24, 2.45) is 0 Å². The Hall–Kier alpha value is -2.35. The number of nitrogens with one attached hydrogen (secondary N) is 2. The minimum atomic E-state index is -4.77. The van der Waals surface area contributed by atoms with E-state index in [1.165, 1.54) is 30.3 Å². The van der Waals surface area contributed by atoms with E-state index in [9.17, 15) is 17.6 Å². The highest BCUT2D eigenvalue weighted by atomic mass is 32.1. The van der Waals surface area contributed by atoms with Gasteiger partial charge < -0.3 is 15.4 Å². The summed E-state index contributed by atoms with van der Waals surface area (Å²) in [6.07, 6.45) is -4.77. The minimum absolute atomic E-state index is 0.114. The summed E-state index contributed by atoms with van der Waals surface area (Å²) in [5.74, 6) is -0.759. The number of thiocarbonyl (C=S) groups is 1. The molecular formula is C15H12F4N2OS. The van der Waals surface area contributed by atoms with Crippen molar-refractivity contribution in [3.8, 4) is 5.75 Å². The zero-order chi connectivity index (χ0) is 17.0. The molecule has 2 N–H and O–H groups in total. The maximum Gasteiger partial charge on any atom is 0.573 e. The number of hydrogen-bond donors (Lipinski definition) is 2. The summed E-state index contributed by atoms with van der Waals surface area (Å²) in [4.78, 5) is 0. The third-order valence-corrected chi connectivity index (χ3v) is 3.05. The van der Waals surface area contributed by atoms with Crippen LogP contribution < -0.4 is 15.4 Å². The van der Waals surface area contributed by atoms with Crippen LogP contribution in [0.4, 0.5) is 28.9 Å². The molecule has 3 nitrogen and oxygen atoms in total. The van der Waals surface area contributed by atoms with Crippen LogP contribution in [0.5, 0.6) is 5.75 Å². The smallest absolute Gasteiger partial charge is 0.406 e. The van der Waals surface area contributed by atoms with Gasteiger partial charge in [0, 0.05) is 23.0 Å². The van der Waals surface area contributed by atoms with E-state index in [2.05, 4.69) is 15.4 Å². The first-order valence-corrected chi connectivity index (χ1v) is 6.84. The SMILES string of the molecule is Cc1c(F)cccc1NC(=S)Nc1cccc(OC(F)(F)F)c1. The molecule has 0 radical (unpaired) electrons. The Kier molecular flexibility index (Phi) is 5.05. The highest BCUT2D eigenvalue weighted by Crippen LogP contribution is 2.25. The summed E-state index contributed by atoms with van der Waals surface area (Å²) in [7, 11) is 0. The van der Waals surface area contributed by atoms with E-state index in [4.69, 9.17) is 12.2 Å². The van der Waals surface area contributed by atoms with E-state index in [0.29, 0.717) is 16.9 Å². The fourth-order valence-electron chi connectivity index (χ4n) is 1.80. The molecule has 0 heterocycles. The normalized spacial score (nSPS) is 11.0. The van der Waals surface area contributed by atoms with Crippen molar-refractivity contribution in [2.45, 2.75) is 13.3 Å². The van der Waals surface area contributed by atoms with Crippen LogP contribution in [-0.4, -0.2) is 11.5 Å². The molecule has 0 fully saturated rings. The van der Waals surface area contributed by atoms with Gasteiger partial charge in [-0.25, -0.2) is 4.39 Å². The van der Waals surface area contributed by atoms with Crippen molar-refractivity contribution < 1.29 is 22.3 Å². The second kappa shape index (κ2) is 6.82. The molecule has 0 amide bonds. The Morgan fingerprint density at radius 1 is 1.09 bits per heavy atom. The standard InChI is InChI=1S/C15H12F4N2OS/c1-9-12(16)6-3-7-13(9)21-14(23)20-10-4-2-5-11(8-10)22-15(17,18)19/h2-8H,1H3,(H2,20,21,23). The molecule has 8 heteroatoms. The molecule has 0 aromatic heterocycles. The van der Waals surface area contributed by atoms with E-state index in [0.717, 1.165) is 6.07 Å². The van der Waals surface area contributed by atoms with E-state index in [1.54, 1.807) is 13.0 Å². The van der Waals surface area contributed by atoms with Crippen molar-refractivity contribution in [3.05, 3.63) is 53.8 Å². The van der Waals surface area contributed by atoms with Crippen molar-refractivity contribution in [1.29, 1.82) is 0 Å². The van der Waals surface area contributed by atoms with Crippen LogP contribution in [0.25, 0.3) is 0 Å². The monoisotopic (exact) mass is 344 g/mol. The lowest BCUT2D eigenvalue weighted by Gasteiger charge is -2.14. The molecule has 23 heavy (non-hydrogen) atoms. The molecule has 0 aliphatic rings. The Labute approximate surface area is 135 Å². The molecular weight excluding hydrogens is 332 g/mol. The van der Waals surface area contributed by atoms with Gasteiger partial charge in [-0.1, -0.05) is 12.1 Å². The van der Waals surface area contributed by atoms with E-state index in [1.807, 2.05) is 0 Å². The number of hydrogen-bond acceptors (Lipinski definition) is 2. The fourth-order valence-corrected chi connectivity index (χ4v) is 2.03. The van der Waals surface area contributed by atoms with Crippen molar-refractivity contribution in [1.82, 2.24) is 0 Å². The number of rotatable bonds is 3. The van der Waals surface area contributed by atoms with Crippen molar-refractivity contribution in [2.75, 3.05) is 10.6 Å². The average molecular weight is 344 g/mol. The van der Waals surface area contributed by atoms with Crippen LogP contribution in [0.15, 0.2) is 42.5 Å². The maximum absolute atomic E-state index is 13.4. The van der Waals surface area contributed by atoms with Gasteiger partial charge in [0.2, 0.25) is 0 Å². The van der Waals surface area contributed by atoms with Crippen molar-refractivity contribution >= 4 is 28.7 Å². The predicted octanol–water partition coefficient (Wildman–Crippen LogP) is 4.84. The Morgan fingerprint density at radius 2 is 1.78 bits per heavy atom. The third-order valence-electron chi connectivity index (χ3n) is 2.84. The first-order chi connectivity index (χ1) is 10.7. The molecule has 0 atom stereocenters. The zero-order valence-corrected chi connectivity index (χ0v) is 12.7. The number of halogens is 4. The highest BCUT2D eigenvalue weighted by Gasteiger charge is 2.31. The van der Waals surface area contributed by atoms with Crippen LogP contribution in [-0.2, 0) is 0 Å². The van der Waals surface area contributed by atoms with Gasteiger partial charge in [0.05, 0.1) is 0 Å². The summed E-state index contributed by atoms with van der Waals surface area (Å²) in [6.45, 7) is 1.58. The lowest BCUT2D eigenvalue weighted by molar-refractivity contribution is -0.274. The Morgan fingerprint density at radius 3 is 2.48 bits per heavy atom. The van der Waals surface area contributed by atoms with Crippen LogP contribution in [0, 0.1) is 12.7 Å². The summed E-state index contributed by atoms with van der Waals surface area (Å²) in [5.41, 5.74) is 1.15. The first kappa shape index (κ1) is 17.0. The summed E-state index contributed by atoms with van der Waals surface area (Å²) >= 11 is 5.07. The van der Waals surface area contributed by atoms with E-state index < -0.39 is 12.2 Å². The number of anilines is 2. The zero-order valence-electron chi connectivity index (χ0n) is 11.9. The quantitative estimate of drug-likeness (QED) is 0.616. The third kappa shape index (κ3) is 5.10. The van der Waals surface area contributed by atoms with E-state index in [-0.39, 0.29) is 10.9 Å². The van der Waals surface area contributed by atoms with Gasteiger partial charge in [0.15, 0.2) is 5.11 Å². The molecule has 2 aromatic rings. The van der Waals surface area contributed by atoms with Gasteiger partial charge in [0.1, 0.15) is 11.6 Å². The Balaban J connectivity index is 2.06. The largest absolute Gasteiger partial charge is 0.573 e. The van der Waals surface area contributed by atoms with Crippen LogP contribution >= 0.6 is 12.2 Å². The molecule has 122 valence electrons. The number of benzene rings is 2. The summed E-state index contributed by atoms with van der Waals surface area (Å²) in [6, 6.07) is 9.70. The molecule has 0 unspecified atom stereocenters. The van der Waals surface area contributed by atoms with Crippen LogP contribution in [0.3, 0.4) is 0 Å². The van der Waals surface area contributed by atoms with Gasteiger partial charge in [-0.15, -0.1) is 13.2 Å². The lowest BCUT2D eigenvalue weighted by Crippen LogP contribution is -2.20. The maximum atomic E-state index is 13.4. The summed E-state index contributed by atoms with van der Waals surface area (Å²) in [5, 5.41) is 5.61. The van der Waals surface area contributed by atoms with Gasteiger partial charge in [-0.3, -0.25) is 0 Å². The van der Waals surface area contributed by atoms with Crippen molar-refractivity contribution in [3.63, 3.8) is 0 Å². The topological polar surface area (TPSA) is 33.3 Å². The lowest BCUT2D eigenvalue weighted by atomic mass is 10.2. The molecule has 0 saturated carbocycles. The summed E-state index contributed by atoms with van der Waals surface area (Å²) < 4.78 is 53.8. The van der Waals surface area contributed by atoms with Gasteiger partial charge in [-0.2, -0.15) is 0 Å². The van der Waals surface area contributed by atoms with Gasteiger partial charge >= 0.3 is 6.36 Å². The molecule has 0 aliphatic heterocycles. The highest BCUT2D eigenvalue weighted by molar-refractivity contribution is 7.80. The predicted molar refractivity (Wildman–Crippen MR) is 84.1 cm³/mol. The Bertz CT molecular complexity index is 719. The molecule has 0 bridgehead atoms. The molecule has 0 saturated heterocycles. The molecule has 2 aromatic carbocycles. The minimum Gasteiger partial charge on any atom is -0.406 e. The van der Waals surface area contributed by atoms with Gasteiger partial charge in [0.25, 0.3) is 0 Å². The van der Waals surface area contributed by atoms with Crippen LogP contribution in [0.1, 0.15) is 5.56 Å². The number of ether oxygens (including phenoxy) is 1. The second-order valence-electron chi connectivity index (χ2n) is 4.57. The molecule has 2 rings (SSSR count). The first-order valence-electron chi connectivity index (χ1n) is 6.43. The number of alkyl halides is 3. The van der Waals surface area contributed by atoms with Gasteiger partial charge in [-0.05, 0) is 43.4 Å².